The third kappa shape index (κ3) is 7.00. The molecule has 0 aliphatic carbocycles. The molecule has 0 spiro atoms. The summed E-state index contributed by atoms with van der Waals surface area (Å²) in [5.41, 5.74) is 0.504. The Labute approximate surface area is 213 Å². The van der Waals surface area contributed by atoms with Gasteiger partial charge in [-0.2, -0.15) is 0 Å². The largest absolute Gasteiger partial charge is 0.492 e. The van der Waals surface area contributed by atoms with Gasteiger partial charge in [0.1, 0.15) is 11.5 Å². The number of esters is 1. The normalized spacial score (nSPS) is 12.3. The number of nitrogens with one attached hydrogen (secondary N) is 1. The number of carbonyl (C=O) groups is 2. The minimum absolute atomic E-state index is 0.0709. The fourth-order valence-corrected chi connectivity index (χ4v) is 3.74. The van der Waals surface area contributed by atoms with Crippen molar-refractivity contribution in [3.8, 4) is 11.5 Å². The van der Waals surface area contributed by atoms with Crippen LogP contribution in [0.4, 0.5) is 0 Å². The molecule has 192 valence electrons. The lowest BCUT2D eigenvalue weighted by molar-refractivity contribution is -0.158. The van der Waals surface area contributed by atoms with Crippen LogP contribution in [-0.4, -0.2) is 37.2 Å². The molecule has 3 aromatic carbocycles. The average Bonchev–Trinajstić information content (AvgIpc) is 2.85. The first kappa shape index (κ1) is 27.1. The highest BCUT2D eigenvalue weighted by molar-refractivity contribution is 6.01. The van der Waals surface area contributed by atoms with E-state index in [-0.39, 0.29) is 11.8 Å². The van der Waals surface area contributed by atoms with Crippen molar-refractivity contribution in [2.45, 2.75) is 53.1 Å². The fourth-order valence-electron chi connectivity index (χ4n) is 3.74. The molecule has 6 heteroatoms. The molecule has 3 rings (SSSR count). The molecule has 6 nitrogen and oxygen atoms in total. The van der Waals surface area contributed by atoms with Crippen LogP contribution in [0, 0.1) is 5.92 Å². The molecule has 3 aromatic rings. The maximum Gasteiger partial charge on any atom is 0.349 e. The smallest absolute Gasteiger partial charge is 0.349 e. The summed E-state index contributed by atoms with van der Waals surface area (Å²) in [6, 6.07) is 19.3. The van der Waals surface area contributed by atoms with E-state index >= 15 is 0 Å². The molecule has 0 heterocycles. The zero-order valence-corrected chi connectivity index (χ0v) is 22.1. The van der Waals surface area contributed by atoms with Crippen molar-refractivity contribution in [1.82, 2.24) is 5.32 Å². The summed E-state index contributed by atoms with van der Waals surface area (Å²) >= 11 is 0. The van der Waals surface area contributed by atoms with Crippen LogP contribution >= 0.6 is 0 Å². The summed E-state index contributed by atoms with van der Waals surface area (Å²) in [5.74, 6) is 1.02. The van der Waals surface area contributed by atoms with Crippen LogP contribution in [0.25, 0.3) is 10.8 Å². The van der Waals surface area contributed by atoms with Crippen molar-refractivity contribution in [1.29, 1.82) is 0 Å². The monoisotopic (exact) mass is 491 g/mol. The van der Waals surface area contributed by atoms with E-state index in [9.17, 15) is 9.59 Å². The topological polar surface area (TPSA) is 73.9 Å². The van der Waals surface area contributed by atoms with Crippen LogP contribution in [0.15, 0.2) is 60.7 Å². The number of rotatable bonds is 11. The Kier molecular flexibility index (Phi) is 8.97. The molecule has 0 fully saturated rings. The minimum atomic E-state index is -1.08. The lowest BCUT2D eigenvalue weighted by atomic mass is 10.0. The van der Waals surface area contributed by atoms with Gasteiger partial charge in [-0.1, -0.05) is 57.2 Å². The minimum Gasteiger partial charge on any atom is -0.492 e. The van der Waals surface area contributed by atoms with Crippen molar-refractivity contribution in [3.05, 3.63) is 71.8 Å². The highest BCUT2D eigenvalue weighted by Gasteiger charge is 2.31. The van der Waals surface area contributed by atoms with Crippen molar-refractivity contribution < 1.29 is 23.8 Å². The van der Waals surface area contributed by atoms with Gasteiger partial charge in [-0.25, -0.2) is 4.79 Å². The summed E-state index contributed by atoms with van der Waals surface area (Å²) in [5, 5.41) is 5.09. The van der Waals surface area contributed by atoms with Gasteiger partial charge in [0, 0.05) is 6.54 Å². The van der Waals surface area contributed by atoms with Crippen LogP contribution in [0.3, 0.4) is 0 Å². The lowest BCUT2D eigenvalue weighted by Crippen LogP contribution is -2.39. The summed E-state index contributed by atoms with van der Waals surface area (Å²) < 4.78 is 16.9. The van der Waals surface area contributed by atoms with E-state index in [1.54, 1.807) is 20.8 Å². The first-order chi connectivity index (χ1) is 17.1. The molecular formula is C30H37NO5. The summed E-state index contributed by atoms with van der Waals surface area (Å²) in [4.78, 5) is 25.2. The van der Waals surface area contributed by atoms with Gasteiger partial charge >= 0.3 is 5.97 Å². The van der Waals surface area contributed by atoms with E-state index in [1.165, 1.54) is 0 Å². The van der Waals surface area contributed by atoms with E-state index in [0.29, 0.717) is 42.7 Å². The molecule has 1 atom stereocenters. The molecule has 1 unspecified atom stereocenters. The third-order valence-electron chi connectivity index (χ3n) is 5.82. The molecule has 0 aliphatic rings. The predicted octanol–water partition coefficient (Wildman–Crippen LogP) is 6.13. The van der Waals surface area contributed by atoms with Crippen LogP contribution in [0.1, 0.15) is 63.4 Å². The molecule has 0 aliphatic heterocycles. The molecule has 36 heavy (non-hydrogen) atoms. The van der Waals surface area contributed by atoms with Crippen molar-refractivity contribution in [2.75, 3.05) is 19.8 Å². The SMILES string of the molecule is CCOC(=O)C(C)(C)Oc1ccc(C(C)CNC(=O)c2cc3ccccc3cc2OCC(C)C)cc1. The summed E-state index contributed by atoms with van der Waals surface area (Å²) in [6.07, 6.45) is 0. The molecule has 0 radical (unpaired) electrons. The van der Waals surface area contributed by atoms with Crippen LogP contribution in [0.5, 0.6) is 11.5 Å². The second-order valence-corrected chi connectivity index (χ2v) is 9.91. The summed E-state index contributed by atoms with van der Waals surface area (Å²) in [7, 11) is 0. The Morgan fingerprint density at radius 1 is 0.944 bits per heavy atom. The molecule has 0 bridgehead atoms. The maximum absolute atomic E-state index is 13.2. The maximum atomic E-state index is 13.2. The van der Waals surface area contributed by atoms with Crippen LogP contribution in [-0.2, 0) is 9.53 Å². The molecule has 0 saturated carbocycles. The second-order valence-electron chi connectivity index (χ2n) is 9.91. The molecule has 1 amide bonds. The number of ether oxygens (including phenoxy) is 3. The molecular weight excluding hydrogens is 454 g/mol. The van der Waals surface area contributed by atoms with Crippen LogP contribution < -0.4 is 14.8 Å². The third-order valence-corrected chi connectivity index (χ3v) is 5.82. The Hall–Kier alpha value is -3.54. The van der Waals surface area contributed by atoms with Gasteiger partial charge in [0.25, 0.3) is 5.91 Å². The molecule has 0 aromatic heterocycles. The Morgan fingerprint density at radius 2 is 1.58 bits per heavy atom. The van der Waals surface area contributed by atoms with E-state index in [0.717, 1.165) is 16.3 Å². The molecule has 1 N–H and O–H groups in total. The lowest BCUT2D eigenvalue weighted by Gasteiger charge is -2.24. The van der Waals surface area contributed by atoms with Gasteiger partial charge in [-0.15, -0.1) is 0 Å². The van der Waals surface area contributed by atoms with Crippen molar-refractivity contribution in [2.24, 2.45) is 5.92 Å². The van der Waals surface area contributed by atoms with E-state index in [4.69, 9.17) is 14.2 Å². The summed E-state index contributed by atoms with van der Waals surface area (Å²) in [6.45, 7) is 12.6. The quantitative estimate of drug-likeness (QED) is 0.327. The van der Waals surface area contributed by atoms with Gasteiger partial charge < -0.3 is 19.5 Å². The first-order valence-electron chi connectivity index (χ1n) is 12.5. The van der Waals surface area contributed by atoms with Gasteiger partial charge in [0.15, 0.2) is 5.60 Å². The number of hydrogen-bond donors (Lipinski definition) is 1. The number of carbonyl (C=O) groups excluding carboxylic acids is 2. The predicted molar refractivity (Wildman–Crippen MR) is 143 cm³/mol. The average molecular weight is 492 g/mol. The zero-order valence-electron chi connectivity index (χ0n) is 22.1. The van der Waals surface area contributed by atoms with Gasteiger partial charge in [-0.05, 0) is 73.2 Å². The first-order valence-corrected chi connectivity index (χ1v) is 12.5. The fraction of sp³-hybridized carbons (Fsp3) is 0.400. The highest BCUT2D eigenvalue weighted by Crippen LogP contribution is 2.27. The zero-order chi connectivity index (χ0) is 26.3. The van der Waals surface area contributed by atoms with Crippen LogP contribution in [0.2, 0.25) is 0 Å². The van der Waals surface area contributed by atoms with Gasteiger partial charge in [0.05, 0.1) is 18.8 Å². The number of amides is 1. The van der Waals surface area contributed by atoms with Crippen molar-refractivity contribution in [3.63, 3.8) is 0 Å². The number of fused-ring (bicyclic) bond motifs is 1. The van der Waals surface area contributed by atoms with Gasteiger partial charge in [-0.3, -0.25) is 4.79 Å². The second kappa shape index (κ2) is 11.9. The standard InChI is InChI=1S/C30H37NO5/c1-7-34-29(33)30(5,6)36-25-14-12-22(13-15-25)21(4)18-31-28(32)26-16-23-10-8-9-11-24(23)17-27(26)35-19-20(2)3/h8-17,20-21H,7,18-19H2,1-6H3,(H,31,32). The highest BCUT2D eigenvalue weighted by atomic mass is 16.6. The Bertz CT molecular complexity index is 1180. The van der Waals surface area contributed by atoms with Crippen molar-refractivity contribution >= 4 is 22.6 Å². The van der Waals surface area contributed by atoms with E-state index in [2.05, 4.69) is 26.1 Å². The Morgan fingerprint density at radius 3 is 2.19 bits per heavy atom. The van der Waals surface area contributed by atoms with E-state index in [1.807, 2.05) is 60.7 Å². The number of hydrogen-bond acceptors (Lipinski definition) is 5. The Balaban J connectivity index is 1.67. The van der Waals surface area contributed by atoms with Gasteiger partial charge in [0.2, 0.25) is 0 Å². The molecule has 0 saturated heterocycles. The number of benzene rings is 3. The van der Waals surface area contributed by atoms with E-state index < -0.39 is 11.6 Å².